The van der Waals surface area contributed by atoms with Gasteiger partial charge in [0.2, 0.25) is 0 Å². The van der Waals surface area contributed by atoms with Gasteiger partial charge in [-0.05, 0) is 37.6 Å². The lowest BCUT2D eigenvalue weighted by Crippen LogP contribution is -2.35. The maximum Gasteiger partial charge on any atom is 0.416 e. The van der Waals surface area contributed by atoms with Crippen LogP contribution >= 0.6 is 0 Å². The van der Waals surface area contributed by atoms with E-state index >= 15 is 0 Å². The van der Waals surface area contributed by atoms with Crippen LogP contribution in [0.1, 0.15) is 27.2 Å². The molecule has 0 fully saturated rings. The van der Waals surface area contributed by atoms with Gasteiger partial charge in [-0.1, -0.05) is 30.3 Å². The first-order chi connectivity index (χ1) is 14.1. The predicted octanol–water partition coefficient (Wildman–Crippen LogP) is 4.74. The van der Waals surface area contributed by atoms with Crippen molar-refractivity contribution in [1.29, 1.82) is 0 Å². The van der Waals surface area contributed by atoms with E-state index in [2.05, 4.69) is 20.6 Å². The second kappa shape index (κ2) is 8.32. The van der Waals surface area contributed by atoms with Crippen molar-refractivity contribution in [3.63, 3.8) is 0 Å². The Morgan fingerprint density at radius 2 is 1.63 bits per heavy atom. The number of nitrogens with zero attached hydrogens (tertiary/aromatic N) is 2. The van der Waals surface area contributed by atoms with Crippen molar-refractivity contribution in [2.45, 2.75) is 20.0 Å². The lowest BCUT2D eigenvalue weighted by molar-refractivity contribution is -0.137. The van der Waals surface area contributed by atoms with Gasteiger partial charge in [-0.15, -0.1) is 0 Å². The number of halogens is 3. The molecule has 0 saturated carbocycles. The van der Waals surface area contributed by atoms with Crippen LogP contribution in [0.3, 0.4) is 0 Å². The van der Waals surface area contributed by atoms with E-state index in [-0.39, 0.29) is 5.82 Å². The molecule has 9 heteroatoms. The number of carbonyl (C=O) groups excluding carboxylic acids is 2. The van der Waals surface area contributed by atoms with Crippen LogP contribution in [-0.2, 0) is 6.18 Å². The van der Waals surface area contributed by atoms with Gasteiger partial charge in [0.15, 0.2) is 5.82 Å². The van der Waals surface area contributed by atoms with Gasteiger partial charge in [0.05, 0.1) is 23.1 Å². The summed E-state index contributed by atoms with van der Waals surface area (Å²) in [5.41, 5.74) is 1.57. The summed E-state index contributed by atoms with van der Waals surface area (Å²) in [6, 6.07) is 10.6. The molecule has 0 bridgehead atoms. The van der Waals surface area contributed by atoms with E-state index in [0.29, 0.717) is 22.5 Å². The van der Waals surface area contributed by atoms with E-state index < -0.39 is 23.7 Å². The molecular formula is C21H17F3N4O2. The van der Waals surface area contributed by atoms with E-state index in [1.165, 1.54) is 18.3 Å². The number of urea groups is 1. The number of benzene rings is 2. The van der Waals surface area contributed by atoms with Gasteiger partial charge < -0.3 is 0 Å². The summed E-state index contributed by atoms with van der Waals surface area (Å²) in [5, 5.41) is 4.63. The van der Waals surface area contributed by atoms with Crippen LogP contribution in [0.15, 0.2) is 54.7 Å². The number of aryl methyl sites for hydroxylation is 2. The minimum Gasteiger partial charge on any atom is -0.291 e. The Morgan fingerprint density at radius 1 is 0.967 bits per heavy atom. The summed E-state index contributed by atoms with van der Waals surface area (Å²) in [6.45, 7) is 3.36. The summed E-state index contributed by atoms with van der Waals surface area (Å²) >= 11 is 0. The highest BCUT2D eigenvalue weighted by Gasteiger charge is 2.30. The molecule has 3 rings (SSSR count). The molecule has 0 aliphatic rings. The average molecular weight is 414 g/mol. The molecule has 0 saturated heterocycles. The third kappa shape index (κ3) is 4.80. The van der Waals surface area contributed by atoms with Crippen LogP contribution in [0.4, 0.5) is 23.8 Å². The molecule has 0 atom stereocenters. The van der Waals surface area contributed by atoms with Gasteiger partial charge in [-0.25, -0.2) is 9.78 Å². The van der Waals surface area contributed by atoms with Crippen LogP contribution in [0.25, 0.3) is 11.3 Å². The fourth-order valence-electron chi connectivity index (χ4n) is 2.79. The number of hydrogen-bond donors (Lipinski definition) is 2. The molecule has 154 valence electrons. The molecule has 0 spiro atoms. The second-order valence-electron chi connectivity index (χ2n) is 6.49. The number of nitrogens with one attached hydrogen (secondary N) is 2. The van der Waals surface area contributed by atoms with Crippen molar-refractivity contribution in [1.82, 2.24) is 15.3 Å². The third-order valence-electron chi connectivity index (χ3n) is 4.29. The summed E-state index contributed by atoms with van der Waals surface area (Å²) < 4.78 is 38.1. The van der Waals surface area contributed by atoms with E-state index in [1.807, 2.05) is 0 Å². The van der Waals surface area contributed by atoms with Gasteiger partial charge in [0.1, 0.15) is 0 Å². The topological polar surface area (TPSA) is 84.0 Å². The first-order valence-corrected chi connectivity index (χ1v) is 8.84. The Kier molecular flexibility index (Phi) is 5.81. The van der Waals surface area contributed by atoms with Crippen LogP contribution in [-0.4, -0.2) is 21.9 Å². The zero-order valence-electron chi connectivity index (χ0n) is 16.0. The smallest absolute Gasteiger partial charge is 0.291 e. The molecule has 1 aromatic heterocycles. The molecule has 2 aromatic carbocycles. The Balaban J connectivity index is 1.70. The van der Waals surface area contributed by atoms with E-state index in [9.17, 15) is 22.8 Å². The van der Waals surface area contributed by atoms with Crippen molar-refractivity contribution < 1.29 is 22.8 Å². The summed E-state index contributed by atoms with van der Waals surface area (Å²) in [6.07, 6.45) is -3.16. The van der Waals surface area contributed by atoms with Gasteiger partial charge in [0, 0.05) is 11.1 Å². The molecule has 1 heterocycles. The molecular weight excluding hydrogens is 397 g/mol. The van der Waals surface area contributed by atoms with Crippen molar-refractivity contribution in [3.05, 3.63) is 77.1 Å². The number of amides is 3. The minimum absolute atomic E-state index is 0.0956. The number of aromatic nitrogens is 2. The Labute approximate surface area is 170 Å². The van der Waals surface area contributed by atoms with Gasteiger partial charge in [0.25, 0.3) is 5.91 Å². The summed E-state index contributed by atoms with van der Waals surface area (Å²) in [5.74, 6) is -0.463. The first kappa shape index (κ1) is 21.0. The molecule has 3 aromatic rings. The number of hydrogen-bond acceptors (Lipinski definition) is 4. The fraction of sp³-hybridized carbons (Fsp3) is 0.143. The van der Waals surface area contributed by atoms with Gasteiger partial charge in [-0.3, -0.25) is 20.4 Å². The number of anilines is 1. The molecule has 0 aliphatic heterocycles. The molecule has 3 amide bonds. The molecule has 0 radical (unpaired) electrons. The first-order valence-electron chi connectivity index (χ1n) is 8.84. The van der Waals surface area contributed by atoms with Crippen LogP contribution in [0.2, 0.25) is 0 Å². The molecule has 0 unspecified atom stereocenters. The highest BCUT2D eigenvalue weighted by molar-refractivity contribution is 6.08. The predicted molar refractivity (Wildman–Crippen MR) is 105 cm³/mol. The lowest BCUT2D eigenvalue weighted by atomic mass is 10.1. The summed E-state index contributed by atoms with van der Waals surface area (Å²) in [4.78, 5) is 32.6. The largest absolute Gasteiger partial charge is 0.416 e. The maximum absolute atomic E-state index is 12.7. The molecule has 0 aliphatic carbocycles. The van der Waals surface area contributed by atoms with Crippen molar-refractivity contribution in [3.8, 4) is 11.3 Å². The van der Waals surface area contributed by atoms with E-state index in [0.717, 1.165) is 17.7 Å². The van der Waals surface area contributed by atoms with Crippen molar-refractivity contribution in [2.24, 2.45) is 0 Å². The minimum atomic E-state index is -4.42. The van der Waals surface area contributed by atoms with Gasteiger partial charge in [-0.2, -0.15) is 13.2 Å². The standard InChI is InChI=1S/C21H17F3N4O2/c1-12-5-3-4-6-16(12)19(29)28-20(30)27-17-11-25-18(13(2)26-17)14-7-9-15(10-8-14)21(22,23)24/h3-11H,1-2H3,(H2,26,27,28,29,30). The Morgan fingerprint density at radius 3 is 2.23 bits per heavy atom. The average Bonchev–Trinajstić information content (AvgIpc) is 2.67. The normalized spacial score (nSPS) is 11.1. The van der Waals surface area contributed by atoms with Crippen LogP contribution in [0.5, 0.6) is 0 Å². The van der Waals surface area contributed by atoms with E-state index in [4.69, 9.17) is 0 Å². The molecule has 2 N–H and O–H groups in total. The quantitative estimate of drug-likeness (QED) is 0.648. The number of rotatable bonds is 3. The monoisotopic (exact) mass is 414 g/mol. The second-order valence-corrected chi connectivity index (χ2v) is 6.49. The molecule has 6 nitrogen and oxygen atoms in total. The van der Waals surface area contributed by atoms with Crippen LogP contribution in [0, 0.1) is 13.8 Å². The Bertz CT molecular complexity index is 1100. The Hall–Kier alpha value is -3.75. The number of imide groups is 1. The number of carbonyl (C=O) groups is 2. The summed E-state index contributed by atoms with van der Waals surface area (Å²) in [7, 11) is 0. The van der Waals surface area contributed by atoms with Crippen molar-refractivity contribution in [2.75, 3.05) is 5.32 Å². The number of alkyl halides is 3. The zero-order valence-corrected chi connectivity index (χ0v) is 16.0. The zero-order chi connectivity index (χ0) is 21.9. The maximum atomic E-state index is 12.7. The van der Waals surface area contributed by atoms with Crippen molar-refractivity contribution >= 4 is 17.8 Å². The SMILES string of the molecule is Cc1ccccc1C(=O)NC(=O)Nc1cnc(-c2ccc(C(F)(F)F)cc2)c(C)n1. The fourth-order valence-corrected chi connectivity index (χ4v) is 2.79. The molecule has 30 heavy (non-hydrogen) atoms. The van der Waals surface area contributed by atoms with E-state index in [1.54, 1.807) is 38.1 Å². The van der Waals surface area contributed by atoms with Crippen LogP contribution < -0.4 is 10.6 Å². The van der Waals surface area contributed by atoms with Gasteiger partial charge >= 0.3 is 12.2 Å². The lowest BCUT2D eigenvalue weighted by Gasteiger charge is -2.11. The highest BCUT2D eigenvalue weighted by atomic mass is 19.4. The third-order valence-corrected chi connectivity index (χ3v) is 4.29. The highest BCUT2D eigenvalue weighted by Crippen LogP contribution is 2.31.